The monoisotopic (exact) mass is 324 g/mol. The van der Waals surface area contributed by atoms with Crippen molar-refractivity contribution in [1.82, 2.24) is 0 Å². The molecular formula is H13EuNO9. The number of hydrogen-bond donors (Lipinski definition) is 1. The first-order chi connectivity index (χ1) is 1.73. The Balaban J connectivity index is -0.00000000214. The quantitative estimate of drug-likeness (QED) is 0.338. The van der Waals surface area contributed by atoms with Gasteiger partial charge in [0.15, 0.2) is 0 Å². The summed E-state index contributed by atoms with van der Waals surface area (Å²) in [4.78, 5) is 8.36. The van der Waals surface area contributed by atoms with E-state index in [1.54, 1.807) is 0 Å². The molecule has 0 atom stereocenters. The van der Waals surface area contributed by atoms with Gasteiger partial charge in [0.1, 0.15) is 0 Å². The topological polar surface area (TPSA) is 252 Å². The van der Waals surface area contributed by atoms with Crippen LogP contribution in [0.2, 0.25) is 0 Å². The van der Waals surface area contributed by atoms with Crippen LogP contribution in [0.5, 0.6) is 0 Å². The second-order valence-electron chi connectivity index (χ2n) is 0.238. The SMILES string of the molecule is O.O.O.O.O.O.O=[N+]([O-])O.[Eu]. The second kappa shape index (κ2) is 76.5. The summed E-state index contributed by atoms with van der Waals surface area (Å²) in [6.45, 7) is 0. The van der Waals surface area contributed by atoms with Crippen LogP contribution in [0.1, 0.15) is 0 Å². The molecule has 0 aliphatic heterocycles. The molecule has 0 amide bonds. The Labute approximate surface area is 102 Å². The van der Waals surface area contributed by atoms with E-state index in [4.69, 9.17) is 15.3 Å². The van der Waals surface area contributed by atoms with Crippen LogP contribution in [0, 0.1) is 59.5 Å². The van der Waals surface area contributed by atoms with Gasteiger partial charge >= 0.3 is 0 Å². The normalized spacial score (nSPS) is 2.18. The van der Waals surface area contributed by atoms with Crippen LogP contribution in [0.3, 0.4) is 0 Å². The van der Waals surface area contributed by atoms with Crippen molar-refractivity contribution in [3.63, 3.8) is 0 Å². The second-order valence-corrected chi connectivity index (χ2v) is 0.238. The Morgan fingerprint density at radius 3 is 0.909 bits per heavy atom. The van der Waals surface area contributed by atoms with Gasteiger partial charge in [-0.3, -0.25) is 0 Å². The third kappa shape index (κ3) is 2600. The molecule has 0 unspecified atom stereocenters. The zero-order valence-corrected chi connectivity index (χ0v) is 7.51. The molecule has 0 aromatic rings. The predicted octanol–water partition coefficient (Wildman–Crippen LogP) is -5.30. The van der Waals surface area contributed by atoms with E-state index in [0.29, 0.717) is 0 Å². The molecule has 0 spiro atoms. The van der Waals surface area contributed by atoms with Crippen LogP contribution in [0.15, 0.2) is 0 Å². The van der Waals surface area contributed by atoms with Gasteiger partial charge in [-0.1, -0.05) is 0 Å². The minimum Gasteiger partial charge on any atom is -0.412 e. The van der Waals surface area contributed by atoms with Gasteiger partial charge in [0.05, 0.1) is 0 Å². The summed E-state index contributed by atoms with van der Waals surface area (Å²) in [5.74, 6) is 0. The van der Waals surface area contributed by atoms with Crippen LogP contribution in [0.4, 0.5) is 0 Å². The van der Waals surface area contributed by atoms with Crippen LogP contribution >= 0.6 is 0 Å². The van der Waals surface area contributed by atoms with Crippen LogP contribution in [0.25, 0.3) is 0 Å². The number of nitrogens with zero attached hydrogens (tertiary/aromatic N) is 1. The van der Waals surface area contributed by atoms with E-state index in [1.165, 1.54) is 0 Å². The summed E-state index contributed by atoms with van der Waals surface area (Å²) in [7, 11) is 0. The molecule has 79 valence electrons. The smallest absolute Gasteiger partial charge is 0.291 e. The van der Waals surface area contributed by atoms with E-state index in [2.05, 4.69) is 0 Å². The molecule has 0 fully saturated rings. The first kappa shape index (κ1) is 102. The first-order valence-electron chi connectivity index (χ1n) is 0.565. The maximum absolute atomic E-state index is 8.36. The van der Waals surface area contributed by atoms with Gasteiger partial charge in [0.2, 0.25) is 0 Å². The van der Waals surface area contributed by atoms with Crippen molar-refractivity contribution in [1.29, 1.82) is 0 Å². The van der Waals surface area contributed by atoms with E-state index >= 15 is 0 Å². The fraction of sp³-hybridized carbons (Fsp3) is 0. The van der Waals surface area contributed by atoms with Crippen molar-refractivity contribution in [2.24, 2.45) is 0 Å². The molecule has 0 aliphatic carbocycles. The molecule has 10 nitrogen and oxygen atoms in total. The number of rotatable bonds is 0. The zero-order chi connectivity index (χ0) is 3.58. The van der Waals surface area contributed by atoms with Crippen molar-refractivity contribution in [2.75, 3.05) is 0 Å². The molecule has 0 aliphatic rings. The van der Waals surface area contributed by atoms with Crippen molar-refractivity contribution in [2.45, 2.75) is 0 Å². The van der Waals surface area contributed by atoms with Crippen molar-refractivity contribution >= 4 is 0 Å². The molecule has 0 rings (SSSR count). The Hall–Kier alpha value is 0.544. The standard InChI is InChI=1S/Eu.HNO3.6H2O/c;2-1(3)4;;;;;;/h;(H,2,3,4);6*1H2. The average Bonchev–Trinajstić information content (AvgIpc) is 0.811. The zero-order valence-electron chi connectivity index (χ0n) is 5.09. The molecule has 0 aromatic heterocycles. The van der Waals surface area contributed by atoms with Crippen molar-refractivity contribution in [3.8, 4) is 0 Å². The average molecular weight is 323 g/mol. The minimum atomic E-state index is -1.50. The maximum Gasteiger partial charge on any atom is 0.291 e. The molecule has 11 heavy (non-hydrogen) atoms. The first-order valence-corrected chi connectivity index (χ1v) is 0.565. The molecule has 11 heteroatoms. The minimum absolute atomic E-state index is 0. The van der Waals surface area contributed by atoms with Gasteiger partial charge in [0, 0.05) is 49.4 Å². The van der Waals surface area contributed by atoms with Crippen molar-refractivity contribution in [3.05, 3.63) is 10.1 Å². The van der Waals surface area contributed by atoms with Crippen molar-refractivity contribution < 1.29 is 92.5 Å². The summed E-state index contributed by atoms with van der Waals surface area (Å²) in [5.41, 5.74) is 0. The van der Waals surface area contributed by atoms with Gasteiger partial charge in [0.25, 0.3) is 5.09 Å². The summed E-state index contributed by atoms with van der Waals surface area (Å²) in [5, 5.41) is 13.6. The van der Waals surface area contributed by atoms with E-state index in [0.717, 1.165) is 0 Å². The van der Waals surface area contributed by atoms with Gasteiger partial charge < -0.3 is 38.1 Å². The molecule has 0 heterocycles. The summed E-state index contributed by atoms with van der Waals surface area (Å²) in [6, 6.07) is 0. The third-order valence-corrected chi connectivity index (χ3v) is 0. The Kier molecular flexibility index (Phi) is 710. The molecule has 1 radical (unpaired) electrons. The van der Waals surface area contributed by atoms with E-state index in [9.17, 15) is 0 Å². The van der Waals surface area contributed by atoms with Gasteiger partial charge in [-0.05, 0) is 0 Å². The Morgan fingerprint density at radius 1 is 0.909 bits per heavy atom. The fourth-order valence-corrected chi connectivity index (χ4v) is 0. The largest absolute Gasteiger partial charge is 0.412 e. The van der Waals surface area contributed by atoms with Gasteiger partial charge in [-0.15, -0.1) is 10.1 Å². The molecule has 0 bridgehead atoms. The van der Waals surface area contributed by atoms with E-state index in [-0.39, 0.29) is 82.2 Å². The van der Waals surface area contributed by atoms with Gasteiger partial charge in [-0.2, -0.15) is 0 Å². The molecule has 13 N–H and O–H groups in total. The summed E-state index contributed by atoms with van der Waals surface area (Å²) >= 11 is 0. The molecule has 0 saturated heterocycles. The van der Waals surface area contributed by atoms with E-state index in [1.807, 2.05) is 0 Å². The third-order valence-electron chi connectivity index (χ3n) is 0. The molecule has 0 aromatic carbocycles. The summed E-state index contributed by atoms with van der Waals surface area (Å²) in [6.07, 6.45) is 0. The predicted molar refractivity (Wildman–Crippen MR) is 30.5 cm³/mol. The fourth-order valence-electron chi connectivity index (χ4n) is 0. The number of hydrogen-bond acceptors (Lipinski definition) is 2. The maximum atomic E-state index is 8.36. The Morgan fingerprint density at radius 2 is 0.909 bits per heavy atom. The Bertz CT molecular complexity index is 32.5. The summed E-state index contributed by atoms with van der Waals surface area (Å²) < 4.78 is 0. The van der Waals surface area contributed by atoms with Crippen LogP contribution in [-0.2, 0) is 0 Å². The van der Waals surface area contributed by atoms with Gasteiger partial charge in [-0.25, -0.2) is 0 Å². The van der Waals surface area contributed by atoms with E-state index < -0.39 is 5.09 Å². The molecule has 0 saturated carbocycles. The molecular weight excluding hydrogens is 310 g/mol. The van der Waals surface area contributed by atoms with Crippen LogP contribution in [-0.4, -0.2) is 43.2 Å². The van der Waals surface area contributed by atoms with Crippen LogP contribution < -0.4 is 0 Å².